The molecule has 1 amide bonds. The Labute approximate surface area is 121 Å². The zero-order valence-corrected chi connectivity index (χ0v) is 11.6. The molecule has 2 aromatic carbocycles. The Morgan fingerprint density at radius 3 is 2.65 bits per heavy atom. The van der Waals surface area contributed by atoms with Gasteiger partial charge < -0.3 is 10.1 Å². The van der Waals surface area contributed by atoms with Crippen LogP contribution in [-0.2, 0) is 0 Å². The molecular formula is C16H12ClNO2. The number of aryl methyl sites for hydroxylation is 1. The van der Waals surface area contributed by atoms with Gasteiger partial charge in [0, 0.05) is 16.1 Å². The molecule has 0 fully saturated rings. The number of carbonyl (C=O) groups is 1. The summed E-state index contributed by atoms with van der Waals surface area (Å²) in [5, 5.41) is 3.46. The SMILES string of the molecule is Cc1cc(Cl)ccc1O/C=C1/NC(=O)c2ccccc21. The van der Waals surface area contributed by atoms with Crippen molar-refractivity contribution in [3.63, 3.8) is 0 Å². The fraction of sp³-hybridized carbons (Fsp3) is 0.0625. The smallest absolute Gasteiger partial charge is 0.256 e. The summed E-state index contributed by atoms with van der Waals surface area (Å²) in [5.41, 5.74) is 3.12. The minimum atomic E-state index is -0.108. The molecule has 4 heteroatoms. The maximum absolute atomic E-state index is 11.8. The van der Waals surface area contributed by atoms with Crippen LogP contribution in [0.1, 0.15) is 21.5 Å². The van der Waals surface area contributed by atoms with Crippen molar-refractivity contribution in [2.75, 3.05) is 0 Å². The Bertz CT molecular complexity index is 722. The van der Waals surface area contributed by atoms with Crippen LogP contribution in [-0.4, -0.2) is 5.91 Å². The van der Waals surface area contributed by atoms with E-state index in [2.05, 4.69) is 5.32 Å². The van der Waals surface area contributed by atoms with Gasteiger partial charge in [-0.3, -0.25) is 4.79 Å². The zero-order valence-electron chi connectivity index (χ0n) is 10.8. The fourth-order valence-corrected chi connectivity index (χ4v) is 2.36. The Morgan fingerprint density at radius 1 is 1.15 bits per heavy atom. The first kappa shape index (κ1) is 12.8. The number of ether oxygens (including phenoxy) is 1. The number of hydrogen-bond donors (Lipinski definition) is 1. The number of nitrogens with one attached hydrogen (secondary N) is 1. The summed E-state index contributed by atoms with van der Waals surface area (Å²) in [6.45, 7) is 1.92. The van der Waals surface area contributed by atoms with Gasteiger partial charge in [0.1, 0.15) is 12.0 Å². The van der Waals surface area contributed by atoms with Gasteiger partial charge in [-0.2, -0.15) is 0 Å². The third kappa shape index (κ3) is 2.28. The van der Waals surface area contributed by atoms with Gasteiger partial charge in [0.25, 0.3) is 5.91 Å². The number of halogens is 1. The van der Waals surface area contributed by atoms with Crippen LogP contribution in [0, 0.1) is 6.92 Å². The number of amides is 1. The largest absolute Gasteiger partial charge is 0.463 e. The van der Waals surface area contributed by atoms with Crippen molar-refractivity contribution in [2.45, 2.75) is 6.92 Å². The van der Waals surface area contributed by atoms with Crippen molar-refractivity contribution < 1.29 is 9.53 Å². The van der Waals surface area contributed by atoms with E-state index in [1.165, 1.54) is 0 Å². The maximum Gasteiger partial charge on any atom is 0.256 e. The summed E-state index contributed by atoms with van der Waals surface area (Å²) in [6, 6.07) is 12.8. The van der Waals surface area contributed by atoms with Crippen LogP contribution in [0.5, 0.6) is 5.75 Å². The second kappa shape index (κ2) is 5.02. The van der Waals surface area contributed by atoms with Crippen LogP contribution >= 0.6 is 11.6 Å². The van der Waals surface area contributed by atoms with E-state index in [1.807, 2.05) is 31.2 Å². The molecule has 0 unspecified atom stereocenters. The summed E-state index contributed by atoms with van der Waals surface area (Å²) in [5.74, 6) is 0.601. The summed E-state index contributed by atoms with van der Waals surface area (Å²) in [7, 11) is 0. The van der Waals surface area contributed by atoms with Gasteiger partial charge in [0.15, 0.2) is 0 Å². The third-order valence-electron chi connectivity index (χ3n) is 3.15. The Kier molecular flexibility index (Phi) is 3.20. The lowest BCUT2D eigenvalue weighted by Crippen LogP contribution is -2.12. The van der Waals surface area contributed by atoms with Crippen LogP contribution in [0.15, 0.2) is 48.7 Å². The van der Waals surface area contributed by atoms with Gasteiger partial charge in [-0.25, -0.2) is 0 Å². The summed E-state index contributed by atoms with van der Waals surface area (Å²) < 4.78 is 5.65. The minimum absolute atomic E-state index is 0.108. The molecule has 0 aliphatic carbocycles. The van der Waals surface area contributed by atoms with Crippen LogP contribution < -0.4 is 10.1 Å². The second-order valence-electron chi connectivity index (χ2n) is 4.56. The molecule has 0 saturated carbocycles. The van der Waals surface area contributed by atoms with Gasteiger partial charge >= 0.3 is 0 Å². The first-order valence-electron chi connectivity index (χ1n) is 6.19. The fourth-order valence-electron chi connectivity index (χ4n) is 2.13. The van der Waals surface area contributed by atoms with Crippen molar-refractivity contribution in [3.8, 4) is 5.75 Å². The van der Waals surface area contributed by atoms with Crippen molar-refractivity contribution >= 4 is 23.2 Å². The summed E-state index contributed by atoms with van der Waals surface area (Å²) >= 11 is 5.90. The van der Waals surface area contributed by atoms with E-state index in [4.69, 9.17) is 16.3 Å². The Hall–Kier alpha value is -2.26. The van der Waals surface area contributed by atoms with E-state index < -0.39 is 0 Å². The lowest BCUT2D eigenvalue weighted by Gasteiger charge is -2.06. The van der Waals surface area contributed by atoms with E-state index in [0.717, 1.165) is 11.1 Å². The molecule has 3 nitrogen and oxygen atoms in total. The van der Waals surface area contributed by atoms with Gasteiger partial charge in [-0.05, 0) is 36.8 Å². The molecule has 3 rings (SSSR count). The molecule has 1 aliphatic rings. The highest BCUT2D eigenvalue weighted by atomic mass is 35.5. The molecule has 1 aliphatic heterocycles. The Morgan fingerprint density at radius 2 is 1.90 bits per heavy atom. The highest BCUT2D eigenvalue weighted by Crippen LogP contribution is 2.26. The highest BCUT2D eigenvalue weighted by molar-refractivity contribution is 6.30. The highest BCUT2D eigenvalue weighted by Gasteiger charge is 2.23. The quantitative estimate of drug-likeness (QED) is 0.853. The molecule has 0 atom stereocenters. The first-order valence-corrected chi connectivity index (χ1v) is 6.56. The second-order valence-corrected chi connectivity index (χ2v) is 5.00. The maximum atomic E-state index is 11.8. The van der Waals surface area contributed by atoms with Crippen molar-refractivity contribution in [2.24, 2.45) is 0 Å². The van der Waals surface area contributed by atoms with Crippen LogP contribution in [0.2, 0.25) is 5.02 Å². The van der Waals surface area contributed by atoms with E-state index >= 15 is 0 Å². The van der Waals surface area contributed by atoms with Crippen LogP contribution in [0.25, 0.3) is 5.70 Å². The number of fused-ring (bicyclic) bond motifs is 1. The van der Waals surface area contributed by atoms with Crippen molar-refractivity contribution in [1.82, 2.24) is 5.32 Å². The van der Waals surface area contributed by atoms with E-state index in [-0.39, 0.29) is 5.91 Å². The molecule has 1 N–H and O–H groups in total. The molecule has 1 heterocycles. The molecule has 2 aromatic rings. The average Bonchev–Trinajstić information content (AvgIpc) is 2.75. The predicted octanol–water partition coefficient (Wildman–Crippen LogP) is 3.77. The summed E-state index contributed by atoms with van der Waals surface area (Å²) in [6.07, 6.45) is 1.56. The molecule has 0 saturated heterocycles. The molecular weight excluding hydrogens is 274 g/mol. The lowest BCUT2D eigenvalue weighted by atomic mass is 10.1. The van der Waals surface area contributed by atoms with Gasteiger partial charge in [0.2, 0.25) is 0 Å². The molecule has 0 spiro atoms. The van der Waals surface area contributed by atoms with Gasteiger partial charge in [-0.15, -0.1) is 0 Å². The van der Waals surface area contributed by atoms with Crippen LogP contribution in [0.4, 0.5) is 0 Å². The Balaban J connectivity index is 1.89. The zero-order chi connectivity index (χ0) is 14.1. The number of benzene rings is 2. The van der Waals surface area contributed by atoms with Gasteiger partial charge in [-0.1, -0.05) is 29.8 Å². The third-order valence-corrected chi connectivity index (χ3v) is 3.39. The van der Waals surface area contributed by atoms with E-state index in [1.54, 1.807) is 24.5 Å². The van der Waals surface area contributed by atoms with Gasteiger partial charge in [0.05, 0.1) is 5.70 Å². The molecule has 20 heavy (non-hydrogen) atoms. The lowest BCUT2D eigenvalue weighted by molar-refractivity contribution is 0.0980. The molecule has 0 aromatic heterocycles. The molecule has 0 radical (unpaired) electrons. The van der Waals surface area contributed by atoms with Crippen LogP contribution in [0.3, 0.4) is 0 Å². The van der Waals surface area contributed by atoms with Crippen molar-refractivity contribution in [1.29, 1.82) is 0 Å². The number of rotatable bonds is 2. The average molecular weight is 286 g/mol. The van der Waals surface area contributed by atoms with E-state index in [9.17, 15) is 4.79 Å². The molecule has 0 bridgehead atoms. The number of hydrogen-bond acceptors (Lipinski definition) is 2. The summed E-state index contributed by atoms with van der Waals surface area (Å²) in [4.78, 5) is 11.8. The van der Waals surface area contributed by atoms with Crippen molar-refractivity contribution in [3.05, 3.63) is 70.4 Å². The standard InChI is InChI=1S/C16H12ClNO2/c1-10-8-11(17)6-7-15(10)20-9-14-12-4-2-3-5-13(12)16(19)18-14/h2-9H,1H3,(H,18,19)/b14-9+. The predicted molar refractivity (Wildman–Crippen MR) is 78.7 cm³/mol. The normalized spacial score (nSPS) is 15.1. The van der Waals surface area contributed by atoms with E-state index in [0.29, 0.717) is 22.0 Å². The topological polar surface area (TPSA) is 38.3 Å². The monoisotopic (exact) mass is 285 g/mol. The molecule has 100 valence electrons. The first-order chi connectivity index (χ1) is 9.65. The minimum Gasteiger partial charge on any atom is -0.463 e. The number of carbonyl (C=O) groups excluding carboxylic acids is 1.